The number of nitrogens with zero attached hydrogens (tertiary/aromatic N) is 3. The summed E-state index contributed by atoms with van der Waals surface area (Å²) < 4.78 is 0. The van der Waals surface area contributed by atoms with E-state index in [1.807, 2.05) is 4.90 Å². The van der Waals surface area contributed by atoms with Crippen molar-refractivity contribution in [2.45, 2.75) is 58.4 Å². The second-order valence-electron chi connectivity index (χ2n) is 9.93. The SMILES string of the molecule is CCC1CCC(N2CCN(c3ccc(-c4cc(C)c(C(=O)N5CCCC5)s4)cc3)CC2)C1. The number of aryl methyl sites for hydroxylation is 1. The van der Waals surface area contributed by atoms with Crippen LogP contribution in [0.25, 0.3) is 10.4 Å². The average Bonchev–Trinajstić information content (AvgIpc) is 3.60. The minimum atomic E-state index is 0.221. The zero-order chi connectivity index (χ0) is 22.1. The molecule has 2 saturated heterocycles. The Kier molecular flexibility index (Phi) is 6.56. The number of hydrogen-bond donors (Lipinski definition) is 0. The summed E-state index contributed by atoms with van der Waals surface area (Å²) in [6.45, 7) is 10.9. The highest BCUT2D eigenvalue weighted by atomic mass is 32.1. The van der Waals surface area contributed by atoms with Crippen molar-refractivity contribution in [3.8, 4) is 10.4 Å². The van der Waals surface area contributed by atoms with Gasteiger partial charge in [0.05, 0.1) is 4.88 Å². The number of amides is 1. The summed E-state index contributed by atoms with van der Waals surface area (Å²) in [6, 6.07) is 12.0. The van der Waals surface area contributed by atoms with E-state index >= 15 is 0 Å². The Bertz CT molecular complexity index is 923. The third-order valence-electron chi connectivity index (χ3n) is 7.94. The molecule has 32 heavy (non-hydrogen) atoms. The Morgan fingerprint density at radius 1 is 1.00 bits per heavy atom. The highest BCUT2D eigenvalue weighted by Crippen LogP contribution is 2.35. The highest BCUT2D eigenvalue weighted by Gasteiger charge is 2.30. The van der Waals surface area contributed by atoms with Crippen molar-refractivity contribution in [1.29, 1.82) is 0 Å². The van der Waals surface area contributed by atoms with Crippen molar-refractivity contribution in [2.75, 3.05) is 44.2 Å². The molecule has 1 amide bonds. The summed E-state index contributed by atoms with van der Waals surface area (Å²) in [4.78, 5) is 22.3. The maximum Gasteiger partial charge on any atom is 0.264 e. The molecule has 2 aromatic rings. The maximum atomic E-state index is 12.9. The van der Waals surface area contributed by atoms with Crippen LogP contribution >= 0.6 is 11.3 Å². The number of piperazine rings is 1. The molecule has 2 unspecified atom stereocenters. The Morgan fingerprint density at radius 3 is 2.38 bits per heavy atom. The number of thiophene rings is 1. The van der Waals surface area contributed by atoms with Crippen molar-refractivity contribution in [1.82, 2.24) is 9.80 Å². The van der Waals surface area contributed by atoms with E-state index in [0.29, 0.717) is 0 Å². The lowest BCUT2D eigenvalue weighted by molar-refractivity contribution is 0.0797. The van der Waals surface area contributed by atoms with Crippen molar-refractivity contribution in [2.24, 2.45) is 5.92 Å². The second kappa shape index (κ2) is 9.56. The molecule has 5 rings (SSSR count). The predicted molar refractivity (Wildman–Crippen MR) is 135 cm³/mol. The second-order valence-corrected chi connectivity index (χ2v) is 11.0. The van der Waals surface area contributed by atoms with Gasteiger partial charge in [-0.05, 0) is 74.3 Å². The van der Waals surface area contributed by atoms with E-state index < -0.39 is 0 Å². The van der Waals surface area contributed by atoms with Crippen LogP contribution in [-0.2, 0) is 0 Å². The molecule has 0 radical (unpaired) electrons. The monoisotopic (exact) mass is 451 g/mol. The fraction of sp³-hybridized carbons (Fsp3) is 0.593. The van der Waals surface area contributed by atoms with E-state index in [1.165, 1.54) is 54.9 Å². The first-order valence-corrected chi connectivity index (χ1v) is 13.4. The van der Waals surface area contributed by atoms with E-state index in [4.69, 9.17) is 0 Å². The summed E-state index contributed by atoms with van der Waals surface area (Å²) in [5, 5.41) is 0. The first-order chi connectivity index (χ1) is 15.6. The van der Waals surface area contributed by atoms with Gasteiger partial charge in [-0.3, -0.25) is 9.69 Å². The largest absolute Gasteiger partial charge is 0.369 e. The Morgan fingerprint density at radius 2 is 1.72 bits per heavy atom. The molecule has 1 saturated carbocycles. The molecule has 4 nitrogen and oxygen atoms in total. The van der Waals surface area contributed by atoms with Crippen LogP contribution < -0.4 is 4.90 Å². The summed E-state index contributed by atoms with van der Waals surface area (Å²) in [5.41, 5.74) is 3.66. The summed E-state index contributed by atoms with van der Waals surface area (Å²) in [6.07, 6.45) is 7.86. The molecule has 2 atom stereocenters. The van der Waals surface area contributed by atoms with Gasteiger partial charge in [-0.15, -0.1) is 11.3 Å². The minimum Gasteiger partial charge on any atom is -0.369 e. The van der Waals surface area contributed by atoms with E-state index in [-0.39, 0.29) is 5.91 Å². The predicted octanol–water partition coefficient (Wildman–Crippen LogP) is 5.66. The number of anilines is 1. The van der Waals surface area contributed by atoms with Gasteiger partial charge in [0.25, 0.3) is 5.91 Å². The van der Waals surface area contributed by atoms with Gasteiger partial charge in [0.1, 0.15) is 0 Å². The standard InChI is InChI=1S/C27H37N3OS/c1-3-21-6-9-24(19-21)29-16-14-28(15-17-29)23-10-7-22(8-11-23)25-18-20(2)26(32-25)27(31)30-12-4-5-13-30/h7-8,10-11,18,21,24H,3-6,9,12-17,19H2,1-2H3. The molecule has 1 aliphatic carbocycles. The third kappa shape index (κ3) is 4.47. The number of likely N-dealkylation sites (tertiary alicyclic amines) is 1. The molecule has 3 fully saturated rings. The molecule has 0 N–H and O–H groups in total. The summed E-state index contributed by atoms with van der Waals surface area (Å²) >= 11 is 1.65. The molecular formula is C27H37N3OS. The lowest BCUT2D eigenvalue weighted by Gasteiger charge is -2.39. The molecule has 5 heteroatoms. The normalized spacial score (nSPS) is 24.4. The van der Waals surface area contributed by atoms with E-state index in [1.54, 1.807) is 11.3 Å². The molecule has 3 heterocycles. The van der Waals surface area contributed by atoms with Gasteiger partial charge in [-0.2, -0.15) is 0 Å². The minimum absolute atomic E-state index is 0.221. The highest BCUT2D eigenvalue weighted by molar-refractivity contribution is 7.17. The number of hydrogen-bond acceptors (Lipinski definition) is 4. The molecule has 0 bridgehead atoms. The van der Waals surface area contributed by atoms with E-state index in [9.17, 15) is 4.79 Å². The first kappa shape index (κ1) is 22.0. The molecule has 172 valence electrons. The van der Waals surface area contributed by atoms with Gasteiger partial charge in [0.15, 0.2) is 0 Å². The van der Waals surface area contributed by atoms with Crippen LogP contribution in [0.3, 0.4) is 0 Å². The average molecular weight is 452 g/mol. The quantitative estimate of drug-likeness (QED) is 0.587. The Hall–Kier alpha value is -1.85. The van der Waals surface area contributed by atoms with Gasteiger partial charge >= 0.3 is 0 Å². The molecule has 3 aliphatic rings. The van der Waals surface area contributed by atoms with Crippen LogP contribution in [0.1, 0.15) is 60.7 Å². The summed E-state index contributed by atoms with van der Waals surface area (Å²) in [5.74, 6) is 1.18. The van der Waals surface area contributed by atoms with Gasteiger partial charge < -0.3 is 9.80 Å². The fourth-order valence-electron chi connectivity index (χ4n) is 5.83. The molecule has 1 aromatic heterocycles. The molecule has 2 aliphatic heterocycles. The number of benzene rings is 1. The van der Waals surface area contributed by atoms with Crippen LogP contribution in [-0.4, -0.2) is 61.0 Å². The fourth-order valence-corrected chi connectivity index (χ4v) is 6.98. The molecular weight excluding hydrogens is 414 g/mol. The summed E-state index contributed by atoms with van der Waals surface area (Å²) in [7, 11) is 0. The van der Waals surface area contributed by atoms with Crippen LogP contribution in [0.4, 0.5) is 5.69 Å². The van der Waals surface area contributed by atoms with Gasteiger partial charge in [0, 0.05) is 55.9 Å². The lowest BCUT2D eigenvalue weighted by atomic mass is 10.0. The smallest absolute Gasteiger partial charge is 0.264 e. The van der Waals surface area contributed by atoms with Gasteiger partial charge in [-0.25, -0.2) is 0 Å². The first-order valence-electron chi connectivity index (χ1n) is 12.6. The number of carbonyl (C=O) groups is 1. The Labute approximate surface area is 197 Å². The van der Waals surface area contributed by atoms with E-state index in [0.717, 1.165) is 61.4 Å². The van der Waals surface area contributed by atoms with Crippen LogP contribution in [0.5, 0.6) is 0 Å². The molecule has 0 spiro atoms. The van der Waals surface area contributed by atoms with Gasteiger partial charge in [0.2, 0.25) is 0 Å². The van der Waals surface area contributed by atoms with Crippen molar-refractivity contribution < 1.29 is 4.79 Å². The van der Waals surface area contributed by atoms with E-state index in [2.05, 4.69) is 54.0 Å². The topological polar surface area (TPSA) is 26.8 Å². The maximum absolute atomic E-state index is 12.9. The third-order valence-corrected chi connectivity index (χ3v) is 9.22. The Balaban J connectivity index is 1.21. The number of carbonyl (C=O) groups excluding carboxylic acids is 1. The number of rotatable bonds is 5. The van der Waals surface area contributed by atoms with Crippen LogP contribution in [0.2, 0.25) is 0 Å². The zero-order valence-corrected chi connectivity index (χ0v) is 20.5. The van der Waals surface area contributed by atoms with Crippen molar-refractivity contribution >= 4 is 22.9 Å². The van der Waals surface area contributed by atoms with Crippen molar-refractivity contribution in [3.63, 3.8) is 0 Å². The zero-order valence-electron chi connectivity index (χ0n) is 19.7. The van der Waals surface area contributed by atoms with Crippen molar-refractivity contribution in [3.05, 3.63) is 40.8 Å². The molecule has 1 aromatic carbocycles. The van der Waals surface area contributed by atoms with Gasteiger partial charge in [-0.1, -0.05) is 25.5 Å². The lowest BCUT2D eigenvalue weighted by Crippen LogP contribution is -2.49. The van der Waals surface area contributed by atoms with Crippen LogP contribution in [0.15, 0.2) is 30.3 Å². The van der Waals surface area contributed by atoms with Crippen LogP contribution in [0, 0.1) is 12.8 Å².